The summed E-state index contributed by atoms with van der Waals surface area (Å²) in [6, 6.07) is 1.90. The molecule has 11 heteroatoms. The van der Waals surface area contributed by atoms with Crippen molar-refractivity contribution in [1.29, 1.82) is 0 Å². The van der Waals surface area contributed by atoms with E-state index in [4.69, 9.17) is 5.11 Å². The van der Waals surface area contributed by atoms with Crippen LogP contribution >= 0.6 is 11.3 Å². The second-order valence-electron chi connectivity index (χ2n) is 8.41. The second-order valence-corrected chi connectivity index (χ2v) is 9.45. The smallest absolute Gasteiger partial charge is 0.404 e. The lowest BCUT2D eigenvalue weighted by Gasteiger charge is -2.19. The normalized spacial score (nSPS) is 19.3. The van der Waals surface area contributed by atoms with Gasteiger partial charge in [-0.3, -0.25) is 9.89 Å². The zero-order chi connectivity index (χ0) is 22.7. The van der Waals surface area contributed by atoms with Gasteiger partial charge in [0, 0.05) is 23.7 Å². The van der Waals surface area contributed by atoms with E-state index in [0.717, 1.165) is 54.2 Å². The molecule has 0 spiro atoms. The fourth-order valence-corrected chi connectivity index (χ4v) is 5.29. The molecule has 1 aliphatic carbocycles. The molecule has 0 aliphatic heterocycles. The number of hydrogen-bond donors (Lipinski definition) is 4. The van der Waals surface area contributed by atoms with Crippen LogP contribution in [0.15, 0.2) is 12.3 Å². The molecule has 2 amide bonds. The highest BCUT2D eigenvalue weighted by Gasteiger charge is 2.29. The molecule has 0 saturated heterocycles. The van der Waals surface area contributed by atoms with Crippen LogP contribution in [0.3, 0.4) is 0 Å². The summed E-state index contributed by atoms with van der Waals surface area (Å²) in [5, 5.41) is 27.2. The fraction of sp³-hybridized carbons (Fsp3) is 0.571. The number of nitrogens with zero attached hydrogens (tertiary/aromatic N) is 4. The highest BCUT2D eigenvalue weighted by molar-refractivity contribution is 7.16. The van der Waals surface area contributed by atoms with Crippen LogP contribution in [0.4, 0.5) is 10.6 Å². The van der Waals surface area contributed by atoms with E-state index in [1.807, 2.05) is 13.0 Å². The van der Waals surface area contributed by atoms with Gasteiger partial charge >= 0.3 is 6.09 Å². The molecule has 1 aliphatic rings. The minimum atomic E-state index is -0.960. The van der Waals surface area contributed by atoms with Crippen molar-refractivity contribution in [1.82, 2.24) is 30.1 Å². The van der Waals surface area contributed by atoms with E-state index < -0.39 is 6.09 Å². The van der Waals surface area contributed by atoms with Crippen LogP contribution in [0.25, 0.3) is 4.96 Å². The number of rotatable bonds is 9. The zero-order valence-corrected chi connectivity index (χ0v) is 19.1. The summed E-state index contributed by atoms with van der Waals surface area (Å²) in [6.45, 7) is 4.05. The second kappa shape index (κ2) is 9.68. The van der Waals surface area contributed by atoms with Crippen molar-refractivity contribution in [2.24, 2.45) is 5.92 Å². The van der Waals surface area contributed by atoms with Gasteiger partial charge in [0.25, 0.3) is 0 Å². The van der Waals surface area contributed by atoms with Gasteiger partial charge < -0.3 is 15.7 Å². The summed E-state index contributed by atoms with van der Waals surface area (Å²) in [6.07, 6.45) is 6.60. The number of aromatic nitrogens is 5. The van der Waals surface area contributed by atoms with Crippen molar-refractivity contribution in [3.8, 4) is 0 Å². The molecule has 4 rings (SSSR count). The Labute approximate surface area is 189 Å². The van der Waals surface area contributed by atoms with Gasteiger partial charge in [0.15, 0.2) is 5.82 Å². The minimum absolute atomic E-state index is 0.00477. The lowest BCUT2D eigenvalue weighted by Crippen LogP contribution is -2.34. The quantitative estimate of drug-likeness (QED) is 0.386. The lowest BCUT2D eigenvalue weighted by molar-refractivity contribution is -0.115. The third kappa shape index (κ3) is 5.26. The molecular weight excluding hydrogens is 430 g/mol. The average Bonchev–Trinajstić information content (AvgIpc) is 3.50. The molecule has 3 aromatic heterocycles. The number of hydrogen-bond acceptors (Lipinski definition) is 6. The average molecular weight is 460 g/mol. The first-order chi connectivity index (χ1) is 15.4. The Kier molecular flexibility index (Phi) is 6.73. The third-order valence-corrected chi connectivity index (χ3v) is 7.13. The molecule has 3 aromatic rings. The molecule has 1 fully saturated rings. The van der Waals surface area contributed by atoms with Crippen LogP contribution in [0.2, 0.25) is 0 Å². The van der Waals surface area contributed by atoms with Gasteiger partial charge in [-0.15, -0.1) is 0 Å². The Morgan fingerprint density at radius 1 is 1.38 bits per heavy atom. The topological polar surface area (TPSA) is 137 Å². The van der Waals surface area contributed by atoms with E-state index >= 15 is 0 Å². The number of imidazole rings is 1. The monoisotopic (exact) mass is 459 g/mol. The Balaban J connectivity index is 1.29. The number of aromatic amines is 1. The van der Waals surface area contributed by atoms with Crippen LogP contribution in [0.5, 0.6) is 0 Å². The van der Waals surface area contributed by atoms with Gasteiger partial charge in [-0.25, -0.2) is 14.3 Å². The predicted molar refractivity (Wildman–Crippen MR) is 121 cm³/mol. The van der Waals surface area contributed by atoms with Gasteiger partial charge in [0.05, 0.1) is 18.3 Å². The molecule has 1 saturated carbocycles. The van der Waals surface area contributed by atoms with Crippen molar-refractivity contribution in [2.75, 3.05) is 5.32 Å². The van der Waals surface area contributed by atoms with Crippen LogP contribution in [-0.4, -0.2) is 47.9 Å². The van der Waals surface area contributed by atoms with Gasteiger partial charge in [-0.2, -0.15) is 10.2 Å². The van der Waals surface area contributed by atoms with E-state index in [2.05, 4.69) is 37.8 Å². The summed E-state index contributed by atoms with van der Waals surface area (Å²) in [7, 11) is 0. The molecule has 3 heterocycles. The van der Waals surface area contributed by atoms with Crippen molar-refractivity contribution < 1.29 is 14.7 Å². The first kappa shape index (κ1) is 22.3. The first-order valence-electron chi connectivity index (χ1n) is 11.1. The first-order valence-corrected chi connectivity index (χ1v) is 11.9. The number of H-pyrrole nitrogens is 1. The molecule has 3 atom stereocenters. The number of carbonyl (C=O) groups is 2. The Hall–Kier alpha value is -2.95. The molecule has 0 bridgehead atoms. The van der Waals surface area contributed by atoms with Gasteiger partial charge in [0.2, 0.25) is 10.9 Å². The Bertz CT molecular complexity index is 1060. The summed E-state index contributed by atoms with van der Waals surface area (Å²) in [4.78, 5) is 28.6. The van der Waals surface area contributed by atoms with Crippen LogP contribution < -0.4 is 10.6 Å². The SMILES string of the molecule is CCc1nn2cc(CC(=O)Nc3cc(C4CCC(CC(CC)NC(=O)O)C4)[nH]n3)nc2s1. The van der Waals surface area contributed by atoms with E-state index in [1.54, 1.807) is 10.7 Å². The van der Waals surface area contributed by atoms with Crippen molar-refractivity contribution >= 4 is 34.1 Å². The molecule has 32 heavy (non-hydrogen) atoms. The number of amides is 2. The van der Waals surface area contributed by atoms with Crippen molar-refractivity contribution in [3.05, 3.63) is 28.7 Å². The van der Waals surface area contributed by atoms with Gasteiger partial charge in [0.1, 0.15) is 5.01 Å². The summed E-state index contributed by atoms with van der Waals surface area (Å²) < 4.78 is 1.73. The standard InChI is InChI=1S/C21H29N7O3S/c1-3-14(23-21(30)31)8-12-5-6-13(7-12)16-10-17(26-25-16)24-18(29)9-15-11-28-20(22-15)32-19(4-2)27-28/h10-14,23H,3-9H2,1-2H3,(H,30,31)(H2,24,25,26,29). The lowest BCUT2D eigenvalue weighted by atomic mass is 9.95. The maximum absolute atomic E-state index is 12.4. The van der Waals surface area contributed by atoms with Crippen LogP contribution in [0, 0.1) is 5.92 Å². The number of aryl methyl sites for hydroxylation is 1. The fourth-order valence-electron chi connectivity index (χ4n) is 4.45. The highest BCUT2D eigenvalue weighted by atomic mass is 32.1. The molecule has 0 aromatic carbocycles. The molecule has 4 N–H and O–H groups in total. The third-order valence-electron chi connectivity index (χ3n) is 6.06. The van der Waals surface area contributed by atoms with Crippen LogP contribution in [0.1, 0.15) is 68.3 Å². The Morgan fingerprint density at radius 3 is 2.94 bits per heavy atom. The van der Waals surface area contributed by atoms with Crippen molar-refractivity contribution in [2.45, 2.75) is 70.8 Å². The minimum Gasteiger partial charge on any atom is -0.465 e. The number of carboxylic acid groups (broad SMARTS) is 1. The van der Waals surface area contributed by atoms with E-state index in [1.165, 1.54) is 11.3 Å². The van der Waals surface area contributed by atoms with Crippen LogP contribution in [-0.2, 0) is 17.6 Å². The number of nitrogens with one attached hydrogen (secondary N) is 3. The number of fused-ring (bicyclic) bond motifs is 1. The molecule has 10 nitrogen and oxygen atoms in total. The summed E-state index contributed by atoms with van der Waals surface area (Å²) >= 11 is 1.53. The maximum Gasteiger partial charge on any atom is 0.404 e. The largest absolute Gasteiger partial charge is 0.465 e. The Morgan fingerprint density at radius 2 is 2.22 bits per heavy atom. The van der Waals surface area contributed by atoms with Gasteiger partial charge in [-0.05, 0) is 44.4 Å². The van der Waals surface area contributed by atoms with E-state index in [-0.39, 0.29) is 18.4 Å². The van der Waals surface area contributed by atoms with E-state index in [0.29, 0.717) is 23.3 Å². The number of carbonyl (C=O) groups excluding carboxylic acids is 1. The number of anilines is 1. The summed E-state index contributed by atoms with van der Waals surface area (Å²) in [5.41, 5.74) is 1.69. The predicted octanol–water partition coefficient (Wildman–Crippen LogP) is 3.58. The molecular formula is C21H29N7O3S. The maximum atomic E-state index is 12.4. The molecule has 172 valence electrons. The zero-order valence-electron chi connectivity index (χ0n) is 18.3. The van der Waals surface area contributed by atoms with E-state index in [9.17, 15) is 9.59 Å². The van der Waals surface area contributed by atoms with Crippen molar-refractivity contribution in [3.63, 3.8) is 0 Å². The summed E-state index contributed by atoms with van der Waals surface area (Å²) in [5.74, 6) is 1.17. The molecule has 0 radical (unpaired) electrons. The van der Waals surface area contributed by atoms with Gasteiger partial charge in [-0.1, -0.05) is 25.2 Å². The molecule has 3 unspecified atom stereocenters. The highest BCUT2D eigenvalue weighted by Crippen LogP contribution is 2.40.